The molecule has 1 aromatic carbocycles. The molecule has 0 radical (unpaired) electrons. The number of likely N-dealkylation sites (N-methyl/N-ethyl adjacent to an activating group) is 1. The van der Waals surface area contributed by atoms with Crippen LogP contribution in [0.2, 0.25) is 0 Å². The van der Waals surface area contributed by atoms with Crippen molar-refractivity contribution in [2.45, 2.75) is 38.8 Å². The van der Waals surface area contributed by atoms with Gasteiger partial charge in [0.25, 0.3) is 0 Å². The summed E-state index contributed by atoms with van der Waals surface area (Å²) < 4.78 is 11.4. The Morgan fingerprint density at radius 2 is 2.05 bits per heavy atom. The number of ether oxygens (including phenoxy) is 2. The van der Waals surface area contributed by atoms with Crippen LogP contribution in [0, 0.1) is 0 Å². The summed E-state index contributed by atoms with van der Waals surface area (Å²) in [5.41, 5.74) is 0.418. The number of carbonyl (C=O) groups is 1. The van der Waals surface area contributed by atoms with Gasteiger partial charge in [0, 0.05) is 11.5 Å². The molecule has 0 aliphatic heterocycles. The van der Waals surface area contributed by atoms with E-state index in [4.69, 9.17) is 9.47 Å². The Labute approximate surface area is 140 Å². The van der Waals surface area contributed by atoms with Crippen LogP contribution >= 0.6 is 15.9 Å². The van der Waals surface area contributed by atoms with Gasteiger partial charge < -0.3 is 19.5 Å². The summed E-state index contributed by atoms with van der Waals surface area (Å²) in [6.45, 7) is 5.29. The van der Waals surface area contributed by atoms with E-state index in [9.17, 15) is 9.90 Å². The zero-order valence-electron chi connectivity index (χ0n) is 13.7. The monoisotopic (exact) mass is 373 g/mol. The molecule has 1 amide bonds. The molecular formula is C16H24BrNO4. The topological polar surface area (TPSA) is 59.0 Å². The van der Waals surface area contributed by atoms with Crippen molar-refractivity contribution in [1.82, 2.24) is 4.90 Å². The number of halogens is 1. The van der Waals surface area contributed by atoms with Crippen LogP contribution in [0.25, 0.3) is 0 Å². The Kier molecular flexibility index (Phi) is 6.68. The molecule has 6 heteroatoms. The van der Waals surface area contributed by atoms with Gasteiger partial charge in [-0.15, -0.1) is 0 Å². The number of amides is 1. The van der Waals surface area contributed by atoms with E-state index in [1.807, 2.05) is 39.0 Å². The van der Waals surface area contributed by atoms with Gasteiger partial charge in [0.05, 0.1) is 19.8 Å². The van der Waals surface area contributed by atoms with E-state index in [-0.39, 0.29) is 12.6 Å². The van der Waals surface area contributed by atoms with Gasteiger partial charge >= 0.3 is 6.09 Å². The lowest BCUT2D eigenvalue weighted by molar-refractivity contribution is 0.0163. The summed E-state index contributed by atoms with van der Waals surface area (Å²) in [5.74, 6) is 0.747. The first kappa shape index (κ1) is 18.8. The smallest absolute Gasteiger partial charge is 0.410 e. The predicted octanol–water partition coefficient (Wildman–Crippen LogP) is 3.23. The molecule has 0 aliphatic rings. The summed E-state index contributed by atoms with van der Waals surface area (Å²) in [4.78, 5) is 13.5. The zero-order valence-corrected chi connectivity index (χ0v) is 15.3. The quantitative estimate of drug-likeness (QED) is 0.860. The summed E-state index contributed by atoms with van der Waals surface area (Å²) in [6, 6.07) is 5.26. The molecule has 0 unspecified atom stereocenters. The van der Waals surface area contributed by atoms with Crippen LogP contribution in [0.5, 0.6) is 5.75 Å². The van der Waals surface area contributed by atoms with E-state index >= 15 is 0 Å². The van der Waals surface area contributed by atoms with Crippen LogP contribution in [0.1, 0.15) is 26.3 Å². The van der Waals surface area contributed by atoms with Gasteiger partial charge in [-0.25, -0.2) is 4.79 Å². The molecule has 0 heterocycles. The van der Waals surface area contributed by atoms with E-state index in [0.717, 1.165) is 15.8 Å². The number of rotatable bonds is 5. The highest BCUT2D eigenvalue weighted by molar-refractivity contribution is 9.10. The van der Waals surface area contributed by atoms with Gasteiger partial charge in [-0.2, -0.15) is 0 Å². The van der Waals surface area contributed by atoms with E-state index < -0.39 is 11.7 Å². The third kappa shape index (κ3) is 5.50. The minimum atomic E-state index is -0.563. The zero-order chi connectivity index (χ0) is 16.9. The highest BCUT2D eigenvalue weighted by Crippen LogP contribution is 2.25. The number of hydrogen-bond acceptors (Lipinski definition) is 4. The van der Waals surface area contributed by atoms with Crippen molar-refractivity contribution in [3.8, 4) is 5.75 Å². The predicted molar refractivity (Wildman–Crippen MR) is 89.3 cm³/mol. The maximum absolute atomic E-state index is 12.1. The van der Waals surface area contributed by atoms with Crippen molar-refractivity contribution < 1.29 is 19.4 Å². The molecule has 1 rings (SSSR count). The van der Waals surface area contributed by atoms with Crippen molar-refractivity contribution >= 4 is 22.0 Å². The second-order valence-corrected chi connectivity index (χ2v) is 6.94. The summed E-state index contributed by atoms with van der Waals surface area (Å²) in [5, 5.41) is 9.61. The number of aliphatic hydroxyl groups is 1. The number of hydrogen-bond donors (Lipinski definition) is 1. The van der Waals surface area contributed by atoms with Crippen LogP contribution < -0.4 is 4.74 Å². The fourth-order valence-corrected chi connectivity index (χ4v) is 2.40. The van der Waals surface area contributed by atoms with Crippen LogP contribution in [0.15, 0.2) is 22.7 Å². The molecule has 0 aliphatic carbocycles. The highest BCUT2D eigenvalue weighted by Gasteiger charge is 2.25. The average Bonchev–Trinajstić information content (AvgIpc) is 2.43. The molecule has 124 valence electrons. The third-order valence-electron chi connectivity index (χ3n) is 3.16. The van der Waals surface area contributed by atoms with Gasteiger partial charge in [0.15, 0.2) is 0 Å². The molecule has 0 fully saturated rings. The average molecular weight is 374 g/mol. The van der Waals surface area contributed by atoms with Crippen molar-refractivity contribution in [2.75, 3.05) is 20.8 Å². The van der Waals surface area contributed by atoms with Crippen molar-refractivity contribution in [3.05, 3.63) is 28.2 Å². The molecule has 1 aromatic rings. The minimum Gasteiger partial charge on any atom is -0.497 e. The lowest BCUT2D eigenvalue weighted by atomic mass is 10.1. The molecule has 22 heavy (non-hydrogen) atoms. The maximum Gasteiger partial charge on any atom is 0.410 e. The van der Waals surface area contributed by atoms with E-state index in [1.54, 1.807) is 14.2 Å². The summed E-state index contributed by atoms with van der Waals surface area (Å²) >= 11 is 3.48. The van der Waals surface area contributed by atoms with Crippen LogP contribution in [-0.4, -0.2) is 48.5 Å². The third-order valence-corrected chi connectivity index (χ3v) is 3.89. The number of aliphatic hydroxyl groups excluding tert-OH is 1. The Balaban J connectivity index is 2.82. The largest absolute Gasteiger partial charge is 0.497 e. The molecule has 0 saturated carbocycles. The molecule has 5 nitrogen and oxygen atoms in total. The molecule has 0 aromatic heterocycles. The summed E-state index contributed by atoms with van der Waals surface area (Å²) in [6.07, 6.45) is 0.0628. The lowest BCUT2D eigenvalue weighted by Crippen LogP contribution is -2.43. The number of benzene rings is 1. The maximum atomic E-state index is 12.1. The number of carbonyl (C=O) groups excluding carboxylic acids is 1. The van der Waals surface area contributed by atoms with E-state index in [0.29, 0.717) is 6.42 Å². The molecule has 1 atom stereocenters. The van der Waals surface area contributed by atoms with Gasteiger partial charge in [-0.05, 0) is 44.9 Å². The molecule has 0 spiro atoms. The fourth-order valence-electron chi connectivity index (χ4n) is 1.88. The SMILES string of the molecule is COc1ccc(C[C@H](CO)N(C)C(=O)OC(C)(C)C)c(Br)c1. The van der Waals surface area contributed by atoms with Gasteiger partial charge in [-0.3, -0.25) is 0 Å². The Morgan fingerprint density at radius 3 is 2.50 bits per heavy atom. The van der Waals surface area contributed by atoms with Gasteiger partial charge in [0.1, 0.15) is 11.4 Å². The first-order valence-corrected chi connectivity index (χ1v) is 7.86. The molecule has 0 bridgehead atoms. The van der Waals surface area contributed by atoms with Crippen molar-refractivity contribution in [3.63, 3.8) is 0 Å². The lowest BCUT2D eigenvalue weighted by Gasteiger charge is -2.30. The highest BCUT2D eigenvalue weighted by atomic mass is 79.9. The van der Waals surface area contributed by atoms with Crippen molar-refractivity contribution in [2.24, 2.45) is 0 Å². The standard InChI is InChI=1S/C16H24BrNO4/c1-16(2,3)22-15(20)18(4)12(10-19)8-11-6-7-13(21-5)9-14(11)17/h6-7,9,12,19H,8,10H2,1-5H3/t12-/m1/s1. The first-order chi connectivity index (χ1) is 10.2. The Morgan fingerprint density at radius 1 is 1.41 bits per heavy atom. The fraction of sp³-hybridized carbons (Fsp3) is 0.562. The number of nitrogens with zero attached hydrogens (tertiary/aromatic N) is 1. The molecule has 1 N–H and O–H groups in total. The first-order valence-electron chi connectivity index (χ1n) is 7.07. The minimum absolute atomic E-state index is 0.145. The Hall–Kier alpha value is -1.27. The second kappa shape index (κ2) is 7.83. The summed E-state index contributed by atoms with van der Waals surface area (Å²) in [7, 11) is 3.24. The van der Waals surface area contributed by atoms with Crippen LogP contribution in [-0.2, 0) is 11.2 Å². The van der Waals surface area contributed by atoms with Crippen LogP contribution in [0.4, 0.5) is 4.79 Å². The second-order valence-electron chi connectivity index (χ2n) is 6.09. The molecular weight excluding hydrogens is 350 g/mol. The van der Waals surface area contributed by atoms with E-state index in [1.165, 1.54) is 4.90 Å². The molecule has 0 saturated heterocycles. The normalized spacial score (nSPS) is 12.7. The Bertz CT molecular complexity index is 513. The van der Waals surface area contributed by atoms with E-state index in [2.05, 4.69) is 15.9 Å². The van der Waals surface area contributed by atoms with Crippen molar-refractivity contribution in [1.29, 1.82) is 0 Å². The number of methoxy groups -OCH3 is 1. The van der Waals surface area contributed by atoms with Gasteiger partial charge in [-0.1, -0.05) is 22.0 Å². The van der Waals surface area contributed by atoms with Crippen LogP contribution in [0.3, 0.4) is 0 Å². The van der Waals surface area contributed by atoms with Gasteiger partial charge in [0.2, 0.25) is 0 Å².